The van der Waals surface area contributed by atoms with Crippen LogP contribution in [0.4, 0.5) is 0 Å². The molecule has 0 aliphatic carbocycles. The van der Waals surface area contributed by atoms with Gasteiger partial charge in [-0.1, -0.05) is 30.3 Å². The molecule has 1 aliphatic rings. The minimum absolute atomic E-state index is 0.0510. The molecule has 2 atom stereocenters. The Labute approximate surface area is 122 Å². The normalized spacial score (nSPS) is 19.2. The van der Waals surface area contributed by atoms with E-state index in [1.807, 2.05) is 36.4 Å². The summed E-state index contributed by atoms with van der Waals surface area (Å²) in [5.41, 5.74) is 0.866. The fourth-order valence-electron chi connectivity index (χ4n) is 2.19. The molecule has 0 bridgehead atoms. The van der Waals surface area contributed by atoms with Crippen LogP contribution in [-0.4, -0.2) is 35.7 Å². The van der Waals surface area contributed by atoms with E-state index in [2.05, 4.69) is 5.32 Å². The van der Waals surface area contributed by atoms with Crippen LogP contribution in [0, 0.1) is 17.2 Å². The fourth-order valence-corrected chi connectivity index (χ4v) is 2.19. The number of imide groups is 1. The first-order chi connectivity index (χ1) is 10.0. The minimum Gasteiger partial charge on any atom is -0.343 e. The molecule has 0 aromatic heterocycles. The van der Waals surface area contributed by atoms with Crippen molar-refractivity contribution < 1.29 is 14.4 Å². The maximum absolute atomic E-state index is 12.1. The molecule has 6 nitrogen and oxygen atoms in total. The lowest BCUT2D eigenvalue weighted by Gasteiger charge is -2.14. The molecule has 1 saturated heterocycles. The van der Waals surface area contributed by atoms with E-state index in [9.17, 15) is 14.4 Å². The summed E-state index contributed by atoms with van der Waals surface area (Å²) >= 11 is 0. The van der Waals surface area contributed by atoms with Gasteiger partial charge in [0.2, 0.25) is 11.8 Å². The van der Waals surface area contributed by atoms with Crippen molar-refractivity contribution in [3.05, 3.63) is 35.9 Å². The third kappa shape index (κ3) is 3.26. The number of rotatable bonds is 4. The van der Waals surface area contributed by atoms with Gasteiger partial charge in [0.1, 0.15) is 12.0 Å². The van der Waals surface area contributed by atoms with Crippen molar-refractivity contribution in [1.82, 2.24) is 10.2 Å². The van der Waals surface area contributed by atoms with Crippen molar-refractivity contribution in [2.24, 2.45) is 5.92 Å². The van der Waals surface area contributed by atoms with Crippen molar-refractivity contribution in [2.45, 2.75) is 18.9 Å². The van der Waals surface area contributed by atoms with Crippen LogP contribution in [-0.2, 0) is 20.8 Å². The molecule has 2 rings (SSSR count). The monoisotopic (exact) mass is 285 g/mol. The van der Waals surface area contributed by atoms with Gasteiger partial charge in [0.15, 0.2) is 0 Å². The van der Waals surface area contributed by atoms with E-state index in [1.54, 1.807) is 0 Å². The molecule has 108 valence electrons. The molecule has 1 fully saturated rings. The second-order valence-corrected chi connectivity index (χ2v) is 4.93. The summed E-state index contributed by atoms with van der Waals surface area (Å²) in [6, 6.07) is 10.2. The molecule has 3 amide bonds. The Balaban J connectivity index is 2.00. The number of amides is 3. The molecule has 1 aromatic rings. The Morgan fingerprint density at radius 2 is 2.10 bits per heavy atom. The minimum atomic E-state index is -0.888. The van der Waals surface area contributed by atoms with E-state index in [1.165, 1.54) is 7.05 Å². The predicted molar refractivity (Wildman–Crippen MR) is 73.6 cm³/mol. The van der Waals surface area contributed by atoms with E-state index in [0.29, 0.717) is 0 Å². The highest BCUT2D eigenvalue weighted by atomic mass is 16.2. The summed E-state index contributed by atoms with van der Waals surface area (Å²) < 4.78 is 0. The molecule has 1 aromatic carbocycles. The zero-order valence-electron chi connectivity index (χ0n) is 11.6. The van der Waals surface area contributed by atoms with Crippen LogP contribution in [0.3, 0.4) is 0 Å². The van der Waals surface area contributed by atoms with Crippen molar-refractivity contribution in [1.29, 1.82) is 5.26 Å². The summed E-state index contributed by atoms with van der Waals surface area (Å²) in [5.74, 6) is -2.18. The number of hydrogen-bond donors (Lipinski definition) is 1. The van der Waals surface area contributed by atoms with Gasteiger partial charge in [-0.3, -0.25) is 19.3 Å². The number of nitriles is 1. The van der Waals surface area contributed by atoms with Gasteiger partial charge in [0.05, 0.1) is 12.5 Å². The second kappa shape index (κ2) is 6.18. The molecule has 0 radical (unpaired) electrons. The Morgan fingerprint density at radius 1 is 1.43 bits per heavy atom. The summed E-state index contributed by atoms with van der Waals surface area (Å²) in [6.45, 7) is 0. The number of benzene rings is 1. The predicted octanol–water partition coefficient (Wildman–Crippen LogP) is 0.242. The topological polar surface area (TPSA) is 90.3 Å². The molecule has 21 heavy (non-hydrogen) atoms. The van der Waals surface area contributed by atoms with Crippen LogP contribution < -0.4 is 5.32 Å². The third-order valence-electron chi connectivity index (χ3n) is 3.45. The number of nitrogens with zero attached hydrogens (tertiary/aromatic N) is 2. The Bertz CT molecular complexity index is 606. The summed E-state index contributed by atoms with van der Waals surface area (Å²) in [4.78, 5) is 36.2. The highest BCUT2D eigenvalue weighted by Gasteiger charge is 2.37. The lowest BCUT2D eigenvalue weighted by atomic mass is 9.99. The number of hydrogen-bond acceptors (Lipinski definition) is 4. The highest BCUT2D eigenvalue weighted by Crippen LogP contribution is 2.13. The van der Waals surface area contributed by atoms with Crippen molar-refractivity contribution in [3.8, 4) is 6.07 Å². The van der Waals surface area contributed by atoms with Gasteiger partial charge in [-0.05, 0) is 12.0 Å². The number of likely N-dealkylation sites (tertiary alicyclic amines) is 1. The maximum Gasteiger partial charge on any atom is 0.252 e. The first kappa shape index (κ1) is 14.7. The zero-order chi connectivity index (χ0) is 15.4. The average molecular weight is 285 g/mol. The lowest BCUT2D eigenvalue weighted by Crippen LogP contribution is -2.43. The van der Waals surface area contributed by atoms with Crippen molar-refractivity contribution in [3.63, 3.8) is 0 Å². The lowest BCUT2D eigenvalue weighted by molar-refractivity contribution is -0.138. The number of likely N-dealkylation sites (N-methyl/N-ethyl adjacent to an activating group) is 1. The molecule has 1 aliphatic heterocycles. The summed E-state index contributed by atoms with van der Waals surface area (Å²) in [6.07, 6.45) is 0.221. The maximum atomic E-state index is 12.1. The molecule has 1 N–H and O–H groups in total. The summed E-state index contributed by atoms with van der Waals surface area (Å²) in [7, 11) is 1.38. The molecular weight excluding hydrogens is 270 g/mol. The standard InChI is InChI=1S/C15H15N3O3/c1-18-13(19)8-12(15(18)21)17-14(20)11(9-16)7-10-5-3-2-4-6-10/h2-6,11-12H,7-8H2,1H3,(H,17,20). The van der Waals surface area contributed by atoms with E-state index < -0.39 is 23.8 Å². The number of nitrogens with one attached hydrogen (secondary N) is 1. The molecule has 6 heteroatoms. The van der Waals surface area contributed by atoms with E-state index in [4.69, 9.17) is 5.26 Å². The van der Waals surface area contributed by atoms with Crippen LogP contribution >= 0.6 is 0 Å². The van der Waals surface area contributed by atoms with Crippen LogP contribution in [0.5, 0.6) is 0 Å². The molecular formula is C15H15N3O3. The first-order valence-corrected chi connectivity index (χ1v) is 6.57. The third-order valence-corrected chi connectivity index (χ3v) is 3.45. The first-order valence-electron chi connectivity index (χ1n) is 6.57. The summed E-state index contributed by atoms with van der Waals surface area (Å²) in [5, 5.41) is 11.6. The Hall–Kier alpha value is -2.68. The van der Waals surface area contributed by atoms with E-state index in [-0.39, 0.29) is 18.7 Å². The number of carbonyl (C=O) groups excluding carboxylic acids is 3. The fraction of sp³-hybridized carbons (Fsp3) is 0.333. The zero-order valence-corrected chi connectivity index (χ0v) is 11.6. The Morgan fingerprint density at radius 3 is 2.62 bits per heavy atom. The van der Waals surface area contributed by atoms with Crippen LogP contribution in [0.25, 0.3) is 0 Å². The van der Waals surface area contributed by atoms with Gasteiger partial charge in [-0.2, -0.15) is 5.26 Å². The molecule has 0 saturated carbocycles. The van der Waals surface area contributed by atoms with Crippen molar-refractivity contribution in [2.75, 3.05) is 7.05 Å². The largest absolute Gasteiger partial charge is 0.343 e. The average Bonchev–Trinajstić information content (AvgIpc) is 2.73. The van der Waals surface area contributed by atoms with Gasteiger partial charge >= 0.3 is 0 Å². The number of carbonyl (C=O) groups is 3. The van der Waals surface area contributed by atoms with Gasteiger partial charge in [-0.25, -0.2) is 0 Å². The van der Waals surface area contributed by atoms with Crippen LogP contribution in [0.15, 0.2) is 30.3 Å². The smallest absolute Gasteiger partial charge is 0.252 e. The van der Waals surface area contributed by atoms with Gasteiger partial charge in [-0.15, -0.1) is 0 Å². The quantitative estimate of drug-likeness (QED) is 0.802. The van der Waals surface area contributed by atoms with Gasteiger partial charge in [0.25, 0.3) is 5.91 Å². The van der Waals surface area contributed by atoms with Crippen LogP contribution in [0.2, 0.25) is 0 Å². The second-order valence-electron chi connectivity index (χ2n) is 4.93. The van der Waals surface area contributed by atoms with Gasteiger partial charge < -0.3 is 5.32 Å². The van der Waals surface area contributed by atoms with Crippen molar-refractivity contribution >= 4 is 17.7 Å². The van der Waals surface area contributed by atoms with Gasteiger partial charge in [0, 0.05) is 7.05 Å². The Kier molecular flexibility index (Phi) is 4.33. The van der Waals surface area contributed by atoms with E-state index >= 15 is 0 Å². The molecule has 2 unspecified atom stereocenters. The van der Waals surface area contributed by atoms with Crippen LogP contribution in [0.1, 0.15) is 12.0 Å². The SMILES string of the molecule is CN1C(=O)CC(NC(=O)C(C#N)Cc2ccccc2)C1=O. The molecule has 0 spiro atoms. The molecule has 1 heterocycles. The highest BCUT2D eigenvalue weighted by molar-refractivity contribution is 6.06. The van der Waals surface area contributed by atoms with E-state index in [0.717, 1.165) is 10.5 Å².